The molecule has 0 radical (unpaired) electrons. The van der Waals surface area contributed by atoms with E-state index in [1.165, 1.54) is 0 Å². The molecule has 1 aromatic heterocycles. The molecule has 4 nitrogen and oxygen atoms in total. The van der Waals surface area contributed by atoms with Gasteiger partial charge in [0.25, 0.3) is 0 Å². The van der Waals surface area contributed by atoms with Gasteiger partial charge >= 0.3 is 5.97 Å². The second kappa shape index (κ2) is 5.07. The van der Waals surface area contributed by atoms with Gasteiger partial charge in [0, 0.05) is 24.9 Å². The monoisotopic (exact) mass is 220 g/mol. The zero-order chi connectivity index (χ0) is 11.4. The Kier molecular flexibility index (Phi) is 3.51. The lowest BCUT2D eigenvalue weighted by molar-refractivity contribution is -0.142. The molecule has 16 heavy (non-hydrogen) atoms. The average Bonchev–Trinajstić information content (AvgIpc) is 2.76. The van der Waals surface area contributed by atoms with Crippen molar-refractivity contribution in [3.63, 3.8) is 0 Å². The summed E-state index contributed by atoms with van der Waals surface area (Å²) in [5.74, 6) is -0.696. The summed E-state index contributed by atoms with van der Waals surface area (Å²) in [4.78, 5) is 17.2. The summed E-state index contributed by atoms with van der Waals surface area (Å²) < 4.78 is 0. The highest BCUT2D eigenvalue weighted by Crippen LogP contribution is 2.17. The zero-order valence-corrected chi connectivity index (χ0v) is 9.17. The Labute approximate surface area is 94.9 Å². The first kappa shape index (κ1) is 11.1. The van der Waals surface area contributed by atoms with E-state index in [9.17, 15) is 4.79 Å². The van der Waals surface area contributed by atoms with Crippen LogP contribution in [0.3, 0.4) is 0 Å². The van der Waals surface area contributed by atoms with Gasteiger partial charge < -0.3 is 5.11 Å². The number of carboxylic acids is 1. The highest BCUT2D eigenvalue weighted by atomic mass is 16.4. The van der Waals surface area contributed by atoms with Gasteiger partial charge in [-0.2, -0.15) is 0 Å². The predicted octanol–water partition coefficient (Wildman–Crippen LogP) is 1.17. The van der Waals surface area contributed by atoms with Gasteiger partial charge in [-0.05, 0) is 31.5 Å². The molecule has 1 atom stereocenters. The smallest absolute Gasteiger partial charge is 0.320 e. The van der Waals surface area contributed by atoms with E-state index < -0.39 is 5.97 Å². The number of nitrogens with zero attached hydrogens (tertiary/aromatic N) is 2. The van der Waals surface area contributed by atoms with Crippen molar-refractivity contribution >= 4 is 5.97 Å². The van der Waals surface area contributed by atoms with Gasteiger partial charge in [-0.25, -0.2) is 0 Å². The quantitative estimate of drug-likeness (QED) is 0.827. The van der Waals surface area contributed by atoms with Crippen molar-refractivity contribution in [2.45, 2.75) is 25.3 Å². The number of hydrogen-bond donors (Lipinski definition) is 1. The third-order valence-corrected chi connectivity index (χ3v) is 3.03. The van der Waals surface area contributed by atoms with Crippen LogP contribution in [0.4, 0.5) is 0 Å². The molecular weight excluding hydrogens is 204 g/mol. The number of likely N-dealkylation sites (tertiary alicyclic amines) is 1. The molecule has 0 bridgehead atoms. The normalized spacial score (nSPS) is 21.1. The van der Waals surface area contributed by atoms with Crippen LogP contribution >= 0.6 is 0 Å². The van der Waals surface area contributed by atoms with E-state index in [1.807, 2.05) is 23.1 Å². The number of aromatic nitrogens is 1. The molecule has 0 aliphatic carbocycles. The maximum atomic E-state index is 11.0. The Balaban J connectivity index is 1.88. The summed E-state index contributed by atoms with van der Waals surface area (Å²) >= 11 is 0. The lowest BCUT2D eigenvalue weighted by Crippen LogP contribution is -2.37. The largest absolute Gasteiger partial charge is 0.480 e. The second-order valence-electron chi connectivity index (χ2n) is 4.10. The Morgan fingerprint density at radius 2 is 2.44 bits per heavy atom. The molecule has 0 spiro atoms. The SMILES string of the molecule is O=C(O)[C@@H]1CCCN1CCc1ccccn1. The van der Waals surface area contributed by atoms with E-state index in [4.69, 9.17) is 5.11 Å². The van der Waals surface area contributed by atoms with Gasteiger partial charge in [0.1, 0.15) is 6.04 Å². The van der Waals surface area contributed by atoms with Gasteiger partial charge in [0.05, 0.1) is 0 Å². The molecule has 2 rings (SSSR count). The molecule has 0 saturated carbocycles. The third-order valence-electron chi connectivity index (χ3n) is 3.03. The van der Waals surface area contributed by atoms with Crippen LogP contribution in [-0.4, -0.2) is 40.1 Å². The topological polar surface area (TPSA) is 53.4 Å². The zero-order valence-electron chi connectivity index (χ0n) is 9.17. The summed E-state index contributed by atoms with van der Waals surface area (Å²) in [5, 5.41) is 9.02. The van der Waals surface area contributed by atoms with Crippen molar-refractivity contribution < 1.29 is 9.90 Å². The molecule has 1 N–H and O–H groups in total. The summed E-state index contributed by atoms with van der Waals surface area (Å²) in [7, 11) is 0. The fraction of sp³-hybridized carbons (Fsp3) is 0.500. The second-order valence-corrected chi connectivity index (χ2v) is 4.10. The van der Waals surface area contributed by atoms with Gasteiger partial charge in [0.15, 0.2) is 0 Å². The third kappa shape index (κ3) is 2.58. The molecule has 1 aromatic rings. The van der Waals surface area contributed by atoms with E-state index in [0.29, 0.717) is 0 Å². The maximum absolute atomic E-state index is 11.0. The number of aliphatic carboxylic acids is 1. The summed E-state index contributed by atoms with van der Waals surface area (Å²) in [6.07, 6.45) is 4.36. The molecule has 1 saturated heterocycles. The van der Waals surface area contributed by atoms with Crippen LogP contribution in [0.25, 0.3) is 0 Å². The fourth-order valence-electron chi connectivity index (χ4n) is 2.18. The molecule has 0 aromatic carbocycles. The lowest BCUT2D eigenvalue weighted by Gasteiger charge is -2.20. The minimum atomic E-state index is -0.696. The Hall–Kier alpha value is -1.42. The van der Waals surface area contributed by atoms with Gasteiger partial charge in [-0.1, -0.05) is 6.07 Å². The van der Waals surface area contributed by atoms with Crippen LogP contribution in [-0.2, 0) is 11.2 Å². The minimum Gasteiger partial charge on any atom is -0.480 e. The van der Waals surface area contributed by atoms with E-state index in [2.05, 4.69) is 4.98 Å². The van der Waals surface area contributed by atoms with Crippen molar-refractivity contribution in [3.05, 3.63) is 30.1 Å². The summed E-state index contributed by atoms with van der Waals surface area (Å²) in [6.45, 7) is 1.68. The molecule has 2 heterocycles. The Morgan fingerprint density at radius 3 is 3.12 bits per heavy atom. The Morgan fingerprint density at radius 1 is 1.56 bits per heavy atom. The van der Waals surface area contributed by atoms with E-state index >= 15 is 0 Å². The number of rotatable bonds is 4. The number of carboxylic acid groups (broad SMARTS) is 1. The van der Waals surface area contributed by atoms with Crippen LogP contribution in [0.2, 0.25) is 0 Å². The first-order valence-electron chi connectivity index (χ1n) is 5.64. The lowest BCUT2D eigenvalue weighted by atomic mass is 10.2. The van der Waals surface area contributed by atoms with E-state index in [1.54, 1.807) is 6.20 Å². The van der Waals surface area contributed by atoms with Crippen molar-refractivity contribution in [1.82, 2.24) is 9.88 Å². The van der Waals surface area contributed by atoms with Crippen LogP contribution < -0.4 is 0 Å². The Bertz CT molecular complexity index is 353. The molecule has 1 aliphatic heterocycles. The van der Waals surface area contributed by atoms with Crippen molar-refractivity contribution in [1.29, 1.82) is 0 Å². The molecule has 1 aliphatic rings. The molecule has 1 fully saturated rings. The minimum absolute atomic E-state index is 0.288. The highest BCUT2D eigenvalue weighted by molar-refractivity contribution is 5.73. The van der Waals surface area contributed by atoms with Gasteiger partial charge in [-0.15, -0.1) is 0 Å². The van der Waals surface area contributed by atoms with Gasteiger partial charge in [0.2, 0.25) is 0 Å². The molecule has 4 heteroatoms. The number of carbonyl (C=O) groups is 1. The van der Waals surface area contributed by atoms with Crippen LogP contribution in [0.1, 0.15) is 18.5 Å². The fourth-order valence-corrected chi connectivity index (χ4v) is 2.18. The van der Waals surface area contributed by atoms with Crippen molar-refractivity contribution in [2.75, 3.05) is 13.1 Å². The summed E-state index contributed by atoms with van der Waals surface area (Å²) in [5.41, 5.74) is 1.03. The number of pyridine rings is 1. The van der Waals surface area contributed by atoms with Crippen molar-refractivity contribution in [3.8, 4) is 0 Å². The number of hydrogen-bond acceptors (Lipinski definition) is 3. The first-order valence-corrected chi connectivity index (χ1v) is 5.64. The molecule has 0 amide bonds. The van der Waals surface area contributed by atoms with Crippen molar-refractivity contribution in [2.24, 2.45) is 0 Å². The van der Waals surface area contributed by atoms with Crippen LogP contribution in [0, 0.1) is 0 Å². The van der Waals surface area contributed by atoms with Crippen LogP contribution in [0.5, 0.6) is 0 Å². The molecular formula is C12H16N2O2. The highest BCUT2D eigenvalue weighted by Gasteiger charge is 2.29. The van der Waals surface area contributed by atoms with E-state index in [-0.39, 0.29) is 6.04 Å². The first-order chi connectivity index (χ1) is 7.77. The summed E-state index contributed by atoms with van der Waals surface area (Å²) in [6, 6.07) is 5.54. The van der Waals surface area contributed by atoms with Gasteiger partial charge in [-0.3, -0.25) is 14.7 Å². The standard InChI is InChI=1S/C12H16N2O2/c15-12(16)11-5-3-8-14(11)9-6-10-4-1-2-7-13-10/h1-2,4,7,11H,3,5-6,8-9H2,(H,15,16)/t11-/m0/s1. The molecule has 0 unspecified atom stereocenters. The molecule has 86 valence electrons. The average molecular weight is 220 g/mol. The predicted molar refractivity (Wildman–Crippen MR) is 60.2 cm³/mol. The van der Waals surface area contributed by atoms with E-state index in [0.717, 1.165) is 38.0 Å². The van der Waals surface area contributed by atoms with Crippen LogP contribution in [0.15, 0.2) is 24.4 Å². The maximum Gasteiger partial charge on any atom is 0.320 e.